The third-order valence-corrected chi connectivity index (χ3v) is 2.87. The molecule has 0 aromatic heterocycles. The minimum Gasteiger partial charge on any atom is -0.487 e. The molecule has 0 spiro atoms. The Morgan fingerprint density at radius 3 is 2.82 bits per heavy atom. The number of rotatable bonds is 6. The lowest BCUT2D eigenvalue weighted by molar-refractivity contribution is 0.361. The summed E-state index contributed by atoms with van der Waals surface area (Å²) in [4.78, 5) is 0. The summed E-state index contributed by atoms with van der Waals surface area (Å²) >= 11 is 9.40. The molecule has 2 nitrogen and oxygen atoms in total. The van der Waals surface area contributed by atoms with Gasteiger partial charge in [0.15, 0.2) is 0 Å². The minimum atomic E-state index is 0.290. The van der Waals surface area contributed by atoms with Gasteiger partial charge < -0.3 is 10.1 Å². The molecule has 0 aliphatic carbocycles. The maximum absolute atomic E-state index is 6.16. The van der Waals surface area contributed by atoms with Gasteiger partial charge in [0.2, 0.25) is 0 Å². The molecule has 1 N–H and O–H groups in total. The van der Waals surface area contributed by atoms with Gasteiger partial charge in [0.1, 0.15) is 12.4 Å². The molecule has 0 bridgehead atoms. The molecule has 0 heterocycles. The van der Waals surface area contributed by atoms with E-state index in [9.17, 15) is 0 Å². The molecule has 1 atom stereocenters. The zero-order valence-electron chi connectivity index (χ0n) is 10.1. The Labute approximate surface area is 116 Å². The van der Waals surface area contributed by atoms with Crippen molar-refractivity contribution in [1.82, 2.24) is 5.32 Å². The van der Waals surface area contributed by atoms with E-state index >= 15 is 0 Å². The van der Waals surface area contributed by atoms with Crippen LogP contribution in [0.2, 0.25) is 5.02 Å². The lowest BCUT2D eigenvalue weighted by Gasteiger charge is -2.14. The smallest absolute Gasteiger partial charge is 0.138 e. The summed E-state index contributed by atoms with van der Waals surface area (Å²) in [5, 5.41) is 3.96. The van der Waals surface area contributed by atoms with E-state index in [2.05, 4.69) is 41.7 Å². The molecule has 0 saturated heterocycles. The Kier molecular flexibility index (Phi) is 6.03. The van der Waals surface area contributed by atoms with Crippen molar-refractivity contribution in [1.29, 1.82) is 0 Å². The number of hydrogen-bond donors (Lipinski definition) is 1. The van der Waals surface area contributed by atoms with Gasteiger partial charge in [-0.25, -0.2) is 0 Å². The highest BCUT2D eigenvalue weighted by atomic mass is 79.9. The quantitative estimate of drug-likeness (QED) is 0.844. The highest BCUT2D eigenvalue weighted by Crippen LogP contribution is 2.28. The third-order valence-electron chi connectivity index (χ3n) is 2.35. The second-order valence-corrected chi connectivity index (χ2v) is 5.30. The zero-order chi connectivity index (χ0) is 12.8. The number of ether oxygens (including phenoxy) is 1. The summed E-state index contributed by atoms with van der Waals surface area (Å²) < 4.78 is 6.28. The first-order chi connectivity index (χ1) is 8.04. The van der Waals surface area contributed by atoms with Crippen molar-refractivity contribution in [2.24, 2.45) is 0 Å². The zero-order valence-corrected chi connectivity index (χ0v) is 12.4. The molecule has 4 heteroatoms. The predicted molar refractivity (Wildman–Crippen MR) is 77.1 cm³/mol. The predicted octanol–water partition coefficient (Wildman–Crippen LogP) is 4.30. The standard InChI is InChI=1S/C13H17BrClNO/c1-4-16-10(3)11-5-6-13(12(15)7-11)17-8-9(2)14/h5-7,10,16H,2,4,8H2,1,3H3. The van der Waals surface area contributed by atoms with Gasteiger partial charge in [0.25, 0.3) is 0 Å². The lowest BCUT2D eigenvalue weighted by atomic mass is 10.1. The van der Waals surface area contributed by atoms with Crippen LogP contribution in [0.1, 0.15) is 25.5 Å². The number of nitrogens with one attached hydrogen (secondary N) is 1. The highest BCUT2D eigenvalue weighted by Gasteiger charge is 2.08. The van der Waals surface area contributed by atoms with E-state index in [1.165, 1.54) is 0 Å². The SMILES string of the molecule is C=C(Br)COc1ccc(C(C)NCC)cc1Cl. The Hall–Kier alpha value is -0.510. The van der Waals surface area contributed by atoms with Crippen LogP contribution in [0.5, 0.6) is 5.75 Å². The Morgan fingerprint density at radius 1 is 1.59 bits per heavy atom. The summed E-state index contributed by atoms with van der Waals surface area (Å²) in [5.74, 6) is 0.680. The van der Waals surface area contributed by atoms with Crippen LogP contribution in [0.15, 0.2) is 29.3 Å². The first kappa shape index (κ1) is 14.6. The molecule has 94 valence electrons. The second kappa shape index (κ2) is 7.04. The Bertz CT molecular complexity index is 395. The molecular weight excluding hydrogens is 302 g/mol. The van der Waals surface area contributed by atoms with Gasteiger partial charge in [0.05, 0.1) is 5.02 Å². The van der Waals surface area contributed by atoms with Crippen molar-refractivity contribution in [3.8, 4) is 5.75 Å². The molecule has 0 radical (unpaired) electrons. The second-order valence-electron chi connectivity index (χ2n) is 3.78. The fourth-order valence-electron chi connectivity index (χ4n) is 1.48. The maximum atomic E-state index is 6.16. The van der Waals surface area contributed by atoms with Crippen molar-refractivity contribution < 1.29 is 4.74 Å². The van der Waals surface area contributed by atoms with Crippen molar-refractivity contribution in [3.63, 3.8) is 0 Å². The Morgan fingerprint density at radius 2 is 2.29 bits per heavy atom. The summed E-state index contributed by atoms with van der Waals surface area (Å²) in [6.45, 7) is 9.25. The van der Waals surface area contributed by atoms with Gasteiger partial charge in [-0.15, -0.1) is 0 Å². The fourth-order valence-corrected chi connectivity index (χ4v) is 1.84. The molecule has 1 unspecified atom stereocenters. The fraction of sp³-hybridized carbons (Fsp3) is 0.385. The highest BCUT2D eigenvalue weighted by molar-refractivity contribution is 9.11. The molecule has 0 fully saturated rings. The average Bonchev–Trinajstić information content (AvgIpc) is 2.27. The van der Waals surface area contributed by atoms with Crippen LogP contribution in [0.4, 0.5) is 0 Å². The topological polar surface area (TPSA) is 21.3 Å². The van der Waals surface area contributed by atoms with E-state index in [1.54, 1.807) is 0 Å². The van der Waals surface area contributed by atoms with E-state index < -0.39 is 0 Å². The molecule has 1 aromatic rings. The normalized spacial score (nSPS) is 12.2. The van der Waals surface area contributed by atoms with Crippen molar-refractivity contribution >= 4 is 27.5 Å². The van der Waals surface area contributed by atoms with Gasteiger partial charge in [-0.1, -0.05) is 47.1 Å². The first-order valence-electron chi connectivity index (χ1n) is 5.53. The molecule has 0 aliphatic heterocycles. The molecule has 0 aliphatic rings. The van der Waals surface area contributed by atoms with Gasteiger partial charge in [0, 0.05) is 10.5 Å². The van der Waals surface area contributed by atoms with Gasteiger partial charge in [-0.05, 0) is 31.2 Å². The van der Waals surface area contributed by atoms with E-state index in [4.69, 9.17) is 16.3 Å². The summed E-state index contributed by atoms with van der Waals surface area (Å²) in [6.07, 6.45) is 0. The van der Waals surface area contributed by atoms with Gasteiger partial charge in [-0.2, -0.15) is 0 Å². The summed E-state index contributed by atoms with van der Waals surface area (Å²) in [6, 6.07) is 6.13. The van der Waals surface area contributed by atoms with Crippen LogP contribution in [0, 0.1) is 0 Å². The van der Waals surface area contributed by atoms with Gasteiger partial charge in [-0.3, -0.25) is 0 Å². The van der Waals surface area contributed by atoms with Crippen LogP contribution in [0.25, 0.3) is 0 Å². The minimum absolute atomic E-state index is 0.290. The lowest BCUT2D eigenvalue weighted by Crippen LogP contribution is -2.17. The molecular formula is C13H17BrClNO. The van der Waals surface area contributed by atoms with Gasteiger partial charge >= 0.3 is 0 Å². The van der Waals surface area contributed by atoms with E-state index in [0.717, 1.165) is 16.6 Å². The van der Waals surface area contributed by atoms with E-state index in [1.807, 2.05) is 18.2 Å². The third kappa shape index (κ3) is 4.70. The van der Waals surface area contributed by atoms with Crippen LogP contribution in [0.3, 0.4) is 0 Å². The average molecular weight is 319 g/mol. The van der Waals surface area contributed by atoms with Crippen LogP contribution in [-0.2, 0) is 0 Å². The van der Waals surface area contributed by atoms with Crippen LogP contribution >= 0.6 is 27.5 Å². The molecule has 0 amide bonds. The number of halogens is 2. The monoisotopic (exact) mass is 317 g/mol. The van der Waals surface area contributed by atoms with E-state index in [0.29, 0.717) is 17.4 Å². The van der Waals surface area contributed by atoms with Crippen molar-refractivity contribution in [3.05, 3.63) is 39.8 Å². The molecule has 0 saturated carbocycles. The summed E-state index contributed by atoms with van der Waals surface area (Å²) in [7, 11) is 0. The first-order valence-corrected chi connectivity index (χ1v) is 6.70. The van der Waals surface area contributed by atoms with E-state index in [-0.39, 0.29) is 6.04 Å². The number of benzene rings is 1. The molecule has 1 rings (SSSR count). The van der Waals surface area contributed by atoms with Crippen molar-refractivity contribution in [2.75, 3.05) is 13.2 Å². The molecule has 17 heavy (non-hydrogen) atoms. The Balaban J connectivity index is 2.75. The largest absolute Gasteiger partial charge is 0.487 e. The molecule has 1 aromatic carbocycles. The summed E-state index contributed by atoms with van der Waals surface area (Å²) in [5.41, 5.74) is 1.15. The van der Waals surface area contributed by atoms with Crippen LogP contribution < -0.4 is 10.1 Å². The number of hydrogen-bond acceptors (Lipinski definition) is 2. The van der Waals surface area contributed by atoms with Crippen molar-refractivity contribution in [2.45, 2.75) is 19.9 Å². The maximum Gasteiger partial charge on any atom is 0.138 e. The van der Waals surface area contributed by atoms with Crippen LogP contribution in [-0.4, -0.2) is 13.2 Å².